The van der Waals surface area contributed by atoms with E-state index in [1.54, 1.807) is 19.1 Å². The maximum absolute atomic E-state index is 11.2. The highest BCUT2D eigenvalue weighted by atomic mass is 16.5. The summed E-state index contributed by atoms with van der Waals surface area (Å²) < 4.78 is 15.3. The normalized spacial score (nSPS) is 10.3. The van der Waals surface area contributed by atoms with E-state index in [1.165, 1.54) is 14.2 Å². The van der Waals surface area contributed by atoms with E-state index in [1.807, 2.05) is 0 Å². The summed E-state index contributed by atoms with van der Waals surface area (Å²) in [5.41, 5.74) is 6.83. The number of nitrogen functional groups attached to an aromatic ring is 1. The second-order valence-corrected chi connectivity index (χ2v) is 4.05. The average Bonchev–Trinajstić information content (AvgIpc) is 2.80. The molecule has 0 aliphatic rings. The monoisotopic (exact) mass is 278 g/mol. The average molecular weight is 278 g/mol. The van der Waals surface area contributed by atoms with Crippen molar-refractivity contribution in [2.45, 2.75) is 6.92 Å². The number of carboxylic acids is 1. The maximum Gasteiger partial charge on any atom is 0.358 e. The van der Waals surface area contributed by atoms with Crippen LogP contribution in [0, 0.1) is 6.92 Å². The molecule has 0 bridgehead atoms. The summed E-state index contributed by atoms with van der Waals surface area (Å²) in [4.78, 5) is 11.2. The second kappa shape index (κ2) is 5.12. The number of benzene rings is 1. The number of aromatic carboxylic acids is 1. The van der Waals surface area contributed by atoms with E-state index in [-0.39, 0.29) is 17.1 Å². The summed E-state index contributed by atoms with van der Waals surface area (Å²) in [6.07, 6.45) is 0. The summed E-state index contributed by atoms with van der Waals surface area (Å²) >= 11 is 0. The zero-order valence-corrected chi connectivity index (χ0v) is 11.3. The van der Waals surface area contributed by atoms with Gasteiger partial charge in [0, 0.05) is 11.1 Å². The molecule has 20 heavy (non-hydrogen) atoms. The molecule has 7 nitrogen and oxygen atoms in total. The van der Waals surface area contributed by atoms with E-state index < -0.39 is 5.97 Å². The maximum atomic E-state index is 11.2. The zero-order valence-electron chi connectivity index (χ0n) is 11.3. The first-order chi connectivity index (χ1) is 9.51. The fourth-order valence-electron chi connectivity index (χ4n) is 2.06. The number of carboxylic acid groups (broad SMARTS) is 1. The molecule has 1 heterocycles. The van der Waals surface area contributed by atoms with Gasteiger partial charge in [-0.2, -0.15) is 0 Å². The molecule has 7 heteroatoms. The molecule has 3 N–H and O–H groups in total. The van der Waals surface area contributed by atoms with Crippen LogP contribution < -0.4 is 15.2 Å². The Kier molecular flexibility index (Phi) is 3.51. The van der Waals surface area contributed by atoms with Crippen molar-refractivity contribution < 1.29 is 23.9 Å². The quantitative estimate of drug-likeness (QED) is 0.879. The van der Waals surface area contributed by atoms with E-state index in [0.29, 0.717) is 17.1 Å². The lowest BCUT2D eigenvalue weighted by molar-refractivity contribution is 0.0686. The van der Waals surface area contributed by atoms with Crippen LogP contribution in [0.5, 0.6) is 11.5 Å². The SMILES string of the molecule is COc1ccc(-c2c(C(=O)O)noc2N)c(OC)c1C. The Morgan fingerprint density at radius 2 is 2.05 bits per heavy atom. The molecule has 0 amide bonds. The van der Waals surface area contributed by atoms with E-state index in [2.05, 4.69) is 5.16 Å². The number of hydrogen-bond acceptors (Lipinski definition) is 6. The van der Waals surface area contributed by atoms with Crippen LogP contribution in [0.2, 0.25) is 0 Å². The van der Waals surface area contributed by atoms with Gasteiger partial charge in [0.2, 0.25) is 11.6 Å². The molecule has 0 aliphatic heterocycles. The van der Waals surface area contributed by atoms with E-state index in [0.717, 1.165) is 5.56 Å². The van der Waals surface area contributed by atoms with Gasteiger partial charge in [0.15, 0.2) is 0 Å². The van der Waals surface area contributed by atoms with Crippen molar-refractivity contribution in [2.75, 3.05) is 20.0 Å². The van der Waals surface area contributed by atoms with Gasteiger partial charge in [-0.1, -0.05) is 5.16 Å². The lowest BCUT2D eigenvalue weighted by Gasteiger charge is -2.14. The summed E-state index contributed by atoms with van der Waals surface area (Å²) in [6.45, 7) is 1.80. The predicted molar refractivity (Wildman–Crippen MR) is 71.2 cm³/mol. The number of rotatable bonds is 4. The summed E-state index contributed by atoms with van der Waals surface area (Å²) in [5, 5.41) is 12.6. The Hall–Kier alpha value is -2.70. The highest BCUT2D eigenvalue weighted by molar-refractivity contribution is 5.98. The molecule has 106 valence electrons. The lowest BCUT2D eigenvalue weighted by Crippen LogP contribution is -2.02. The number of nitrogens with zero attached hydrogens (tertiary/aromatic N) is 1. The first kappa shape index (κ1) is 13.7. The first-order valence-electron chi connectivity index (χ1n) is 5.71. The molecule has 0 spiro atoms. The van der Waals surface area contributed by atoms with Crippen molar-refractivity contribution >= 4 is 11.9 Å². The molecule has 0 atom stereocenters. The van der Waals surface area contributed by atoms with Crippen LogP contribution in [0.4, 0.5) is 5.88 Å². The molecule has 0 saturated carbocycles. The van der Waals surface area contributed by atoms with Crippen molar-refractivity contribution in [1.82, 2.24) is 5.16 Å². The molecule has 2 rings (SSSR count). The van der Waals surface area contributed by atoms with E-state index >= 15 is 0 Å². The first-order valence-corrected chi connectivity index (χ1v) is 5.71. The Balaban J connectivity index is 2.73. The highest BCUT2D eigenvalue weighted by Crippen LogP contribution is 2.41. The number of hydrogen-bond donors (Lipinski definition) is 2. The predicted octanol–water partition coefficient (Wildman–Crippen LogP) is 1.95. The van der Waals surface area contributed by atoms with Gasteiger partial charge >= 0.3 is 5.97 Å². The fourth-order valence-corrected chi connectivity index (χ4v) is 2.06. The number of carbonyl (C=O) groups is 1. The van der Waals surface area contributed by atoms with Gasteiger partial charge in [0.25, 0.3) is 0 Å². The molecule has 1 aromatic carbocycles. The molecule has 0 unspecified atom stereocenters. The molecule has 0 fully saturated rings. The van der Waals surface area contributed by atoms with Crippen molar-refractivity contribution in [3.8, 4) is 22.6 Å². The van der Waals surface area contributed by atoms with Gasteiger partial charge in [-0.15, -0.1) is 0 Å². The van der Waals surface area contributed by atoms with Crippen LogP contribution in [-0.4, -0.2) is 30.5 Å². The van der Waals surface area contributed by atoms with Gasteiger partial charge in [-0.25, -0.2) is 4.79 Å². The number of ether oxygens (including phenoxy) is 2. The molecule has 0 saturated heterocycles. The minimum atomic E-state index is -1.23. The second-order valence-electron chi connectivity index (χ2n) is 4.05. The Labute approximate surface area is 114 Å². The highest BCUT2D eigenvalue weighted by Gasteiger charge is 2.25. The molecule has 0 aliphatic carbocycles. The Morgan fingerprint density at radius 3 is 2.60 bits per heavy atom. The number of anilines is 1. The third kappa shape index (κ3) is 2.03. The van der Waals surface area contributed by atoms with Gasteiger partial charge in [-0.05, 0) is 19.1 Å². The van der Waals surface area contributed by atoms with Crippen LogP contribution in [0.3, 0.4) is 0 Å². The number of nitrogens with two attached hydrogens (primary N) is 1. The third-order valence-corrected chi connectivity index (χ3v) is 2.97. The van der Waals surface area contributed by atoms with Crippen molar-refractivity contribution in [1.29, 1.82) is 0 Å². The van der Waals surface area contributed by atoms with Crippen LogP contribution in [0.15, 0.2) is 16.7 Å². The minimum absolute atomic E-state index is 0.0785. The lowest BCUT2D eigenvalue weighted by atomic mass is 10.0. The summed E-state index contributed by atoms with van der Waals surface area (Å²) in [7, 11) is 3.02. The van der Waals surface area contributed by atoms with Gasteiger partial charge in [-0.3, -0.25) is 0 Å². The molecule has 1 aromatic heterocycles. The van der Waals surface area contributed by atoms with Crippen LogP contribution in [0.25, 0.3) is 11.1 Å². The van der Waals surface area contributed by atoms with E-state index in [9.17, 15) is 4.79 Å². The van der Waals surface area contributed by atoms with Crippen molar-refractivity contribution in [2.24, 2.45) is 0 Å². The fraction of sp³-hybridized carbons (Fsp3) is 0.231. The standard InChI is InChI=1S/C13H14N2O5/c1-6-8(18-2)5-4-7(11(6)19-3)9-10(13(16)17)15-20-12(9)14/h4-5H,14H2,1-3H3,(H,16,17). The van der Waals surface area contributed by atoms with Crippen LogP contribution >= 0.6 is 0 Å². The smallest absolute Gasteiger partial charge is 0.358 e. The molecular formula is C13H14N2O5. The summed E-state index contributed by atoms with van der Waals surface area (Å²) in [5.74, 6) is -0.222. The zero-order chi connectivity index (χ0) is 14.9. The van der Waals surface area contributed by atoms with E-state index in [4.69, 9.17) is 24.8 Å². The van der Waals surface area contributed by atoms with Crippen LogP contribution in [0.1, 0.15) is 16.1 Å². The van der Waals surface area contributed by atoms with Crippen molar-refractivity contribution in [3.05, 3.63) is 23.4 Å². The molecule has 2 aromatic rings. The van der Waals surface area contributed by atoms with Gasteiger partial charge < -0.3 is 24.8 Å². The van der Waals surface area contributed by atoms with Crippen molar-refractivity contribution in [3.63, 3.8) is 0 Å². The minimum Gasteiger partial charge on any atom is -0.496 e. The van der Waals surface area contributed by atoms with Crippen LogP contribution in [-0.2, 0) is 0 Å². The largest absolute Gasteiger partial charge is 0.496 e. The molecule has 0 radical (unpaired) electrons. The summed E-state index contributed by atoms with van der Waals surface area (Å²) in [6, 6.07) is 3.35. The molecular weight excluding hydrogens is 264 g/mol. The third-order valence-electron chi connectivity index (χ3n) is 2.97. The Morgan fingerprint density at radius 1 is 1.35 bits per heavy atom. The topological polar surface area (TPSA) is 108 Å². The number of methoxy groups -OCH3 is 2. The van der Waals surface area contributed by atoms with Gasteiger partial charge in [0.1, 0.15) is 11.5 Å². The van der Waals surface area contributed by atoms with Gasteiger partial charge in [0.05, 0.1) is 19.8 Å². The Bertz CT molecular complexity index is 663. The number of aromatic nitrogens is 1.